The standard InChI is InChI=1S/C55H40N4/c1-55(2)46-32-52-44(40-25-12-14-27-50(40)58(52)38-22-10-5-11-23-38)30-42(46)43-31-45-41-26-13-15-28-51(41)59(53(45)33-47(43)55)39-24-16-21-37(29-39)54-56-48(35-17-6-3-7-18-35)34-49(57-54)36-19-8-4-9-20-36/h3-13,15-26,28-34H,14,27H2,1-2H3. The fourth-order valence-electron chi connectivity index (χ4n) is 9.93. The molecule has 0 atom stereocenters. The Morgan fingerprint density at radius 1 is 0.475 bits per heavy atom. The zero-order chi connectivity index (χ0) is 39.2. The maximum Gasteiger partial charge on any atom is 0.160 e. The number of hydrogen-bond donors (Lipinski definition) is 0. The number of rotatable bonds is 5. The highest BCUT2D eigenvalue weighted by Gasteiger charge is 2.38. The number of fused-ring (bicyclic) bond motifs is 9. The van der Waals surface area contributed by atoms with Crippen LogP contribution in [0.25, 0.3) is 95.2 Å². The van der Waals surface area contributed by atoms with Gasteiger partial charge in [0.25, 0.3) is 0 Å². The highest BCUT2D eigenvalue weighted by Crippen LogP contribution is 2.53. The van der Waals surface area contributed by atoms with E-state index in [-0.39, 0.29) is 5.41 Å². The van der Waals surface area contributed by atoms with Gasteiger partial charge in [-0.3, -0.25) is 0 Å². The summed E-state index contributed by atoms with van der Waals surface area (Å²) in [5, 5.41) is 3.83. The van der Waals surface area contributed by atoms with Crippen LogP contribution in [-0.4, -0.2) is 19.1 Å². The molecule has 0 aliphatic heterocycles. The second-order valence-electron chi connectivity index (χ2n) is 16.5. The van der Waals surface area contributed by atoms with Crippen molar-refractivity contribution >= 4 is 38.8 Å². The normalized spacial score (nSPS) is 13.9. The molecule has 12 rings (SSSR count). The zero-order valence-electron chi connectivity index (χ0n) is 33.0. The van der Waals surface area contributed by atoms with Crippen LogP contribution in [0.3, 0.4) is 0 Å². The summed E-state index contributed by atoms with van der Waals surface area (Å²) in [4.78, 5) is 10.4. The molecule has 0 saturated carbocycles. The first kappa shape index (κ1) is 33.8. The average molecular weight is 757 g/mol. The lowest BCUT2D eigenvalue weighted by Crippen LogP contribution is -2.15. The van der Waals surface area contributed by atoms with Gasteiger partial charge < -0.3 is 9.13 Å². The van der Waals surface area contributed by atoms with Gasteiger partial charge in [0.15, 0.2) is 5.82 Å². The van der Waals surface area contributed by atoms with E-state index in [0.29, 0.717) is 5.82 Å². The van der Waals surface area contributed by atoms with Crippen molar-refractivity contribution in [3.8, 4) is 56.4 Å². The number of benzene rings is 7. The molecule has 7 aromatic carbocycles. The van der Waals surface area contributed by atoms with Crippen LogP contribution in [0.5, 0.6) is 0 Å². The van der Waals surface area contributed by atoms with E-state index in [1.54, 1.807) is 0 Å². The zero-order valence-corrected chi connectivity index (χ0v) is 33.0. The molecule has 4 nitrogen and oxygen atoms in total. The molecule has 0 N–H and O–H groups in total. The minimum atomic E-state index is -0.210. The van der Waals surface area contributed by atoms with Crippen LogP contribution in [0.15, 0.2) is 176 Å². The largest absolute Gasteiger partial charge is 0.313 e. The van der Waals surface area contributed by atoms with Gasteiger partial charge in [-0.1, -0.05) is 135 Å². The van der Waals surface area contributed by atoms with Crippen LogP contribution < -0.4 is 0 Å². The Hall–Kier alpha value is -7.30. The molecule has 3 heterocycles. The molecule has 0 radical (unpaired) electrons. The van der Waals surface area contributed by atoms with Crippen LogP contribution in [0.4, 0.5) is 0 Å². The van der Waals surface area contributed by atoms with E-state index in [9.17, 15) is 0 Å². The van der Waals surface area contributed by atoms with Gasteiger partial charge in [-0.05, 0) is 95.8 Å². The third-order valence-electron chi connectivity index (χ3n) is 12.8. The summed E-state index contributed by atoms with van der Waals surface area (Å²) < 4.78 is 4.95. The molecule has 4 heteroatoms. The van der Waals surface area contributed by atoms with Crippen molar-refractivity contribution in [2.75, 3.05) is 0 Å². The van der Waals surface area contributed by atoms with Gasteiger partial charge in [-0.2, -0.15) is 0 Å². The molecule has 280 valence electrons. The van der Waals surface area contributed by atoms with E-state index in [1.807, 2.05) is 12.1 Å². The summed E-state index contributed by atoms with van der Waals surface area (Å²) in [6, 6.07) is 61.3. The first-order chi connectivity index (χ1) is 29.0. The molecular weight excluding hydrogens is 717 g/mol. The molecule has 0 unspecified atom stereocenters. The minimum Gasteiger partial charge on any atom is -0.313 e. The molecule has 0 fully saturated rings. The van der Waals surface area contributed by atoms with Crippen molar-refractivity contribution < 1.29 is 0 Å². The number of para-hydroxylation sites is 2. The summed E-state index contributed by atoms with van der Waals surface area (Å²) in [5.74, 6) is 0.703. The van der Waals surface area contributed by atoms with Gasteiger partial charge >= 0.3 is 0 Å². The van der Waals surface area contributed by atoms with E-state index in [4.69, 9.17) is 9.97 Å². The van der Waals surface area contributed by atoms with Gasteiger partial charge in [-0.25, -0.2) is 9.97 Å². The summed E-state index contributed by atoms with van der Waals surface area (Å²) in [7, 11) is 0. The van der Waals surface area contributed by atoms with E-state index in [1.165, 1.54) is 71.9 Å². The Kier molecular flexibility index (Phi) is 7.37. The number of hydrogen-bond acceptors (Lipinski definition) is 2. The van der Waals surface area contributed by atoms with Gasteiger partial charge in [0.05, 0.1) is 27.9 Å². The molecule has 0 bridgehead atoms. The molecule has 0 spiro atoms. The third kappa shape index (κ3) is 5.16. The van der Waals surface area contributed by atoms with Crippen LogP contribution in [-0.2, 0) is 11.8 Å². The van der Waals surface area contributed by atoms with E-state index < -0.39 is 0 Å². The molecule has 2 aliphatic carbocycles. The van der Waals surface area contributed by atoms with E-state index in [2.05, 4.69) is 193 Å². The summed E-state index contributed by atoms with van der Waals surface area (Å²) >= 11 is 0. The molecule has 0 saturated heterocycles. The first-order valence-electron chi connectivity index (χ1n) is 20.6. The number of aromatic nitrogens is 4. The van der Waals surface area contributed by atoms with E-state index in [0.717, 1.165) is 46.6 Å². The number of nitrogens with zero attached hydrogens (tertiary/aromatic N) is 4. The predicted molar refractivity (Wildman–Crippen MR) is 244 cm³/mol. The third-order valence-corrected chi connectivity index (χ3v) is 12.8. The van der Waals surface area contributed by atoms with Gasteiger partial charge in [0.2, 0.25) is 0 Å². The van der Waals surface area contributed by atoms with Crippen LogP contribution >= 0.6 is 0 Å². The maximum atomic E-state index is 5.18. The van der Waals surface area contributed by atoms with Crippen LogP contribution in [0.2, 0.25) is 0 Å². The second-order valence-corrected chi connectivity index (χ2v) is 16.5. The molecule has 10 aromatic rings. The quantitative estimate of drug-likeness (QED) is 0.175. The fourth-order valence-corrected chi connectivity index (χ4v) is 9.93. The molecule has 2 aliphatic rings. The highest BCUT2D eigenvalue weighted by atomic mass is 15.0. The fraction of sp³-hybridized carbons (Fsp3) is 0.0909. The Bertz CT molecular complexity index is 3270. The van der Waals surface area contributed by atoms with Gasteiger partial charge in [0, 0.05) is 60.9 Å². The van der Waals surface area contributed by atoms with Crippen molar-refractivity contribution in [1.29, 1.82) is 0 Å². The predicted octanol–water partition coefficient (Wildman–Crippen LogP) is 13.8. The number of allylic oxidation sites excluding steroid dienone is 1. The molecular formula is C55H40N4. The minimum absolute atomic E-state index is 0.210. The summed E-state index contributed by atoms with van der Waals surface area (Å²) in [6.07, 6.45) is 6.80. The van der Waals surface area contributed by atoms with Crippen molar-refractivity contribution in [3.05, 3.63) is 198 Å². The molecule has 0 amide bonds. The lowest BCUT2D eigenvalue weighted by molar-refractivity contribution is 0.661. The van der Waals surface area contributed by atoms with Gasteiger partial charge in [-0.15, -0.1) is 0 Å². The summed E-state index contributed by atoms with van der Waals surface area (Å²) in [5.41, 5.74) is 18.8. The summed E-state index contributed by atoms with van der Waals surface area (Å²) in [6.45, 7) is 4.81. The topological polar surface area (TPSA) is 35.6 Å². The van der Waals surface area contributed by atoms with Crippen molar-refractivity contribution in [1.82, 2.24) is 19.1 Å². The molecule has 59 heavy (non-hydrogen) atoms. The average Bonchev–Trinajstić information content (AvgIpc) is 3.88. The Morgan fingerprint density at radius 3 is 1.75 bits per heavy atom. The maximum absolute atomic E-state index is 5.18. The second kappa shape index (κ2) is 12.9. The Morgan fingerprint density at radius 2 is 1.05 bits per heavy atom. The Balaban J connectivity index is 1.05. The van der Waals surface area contributed by atoms with Crippen molar-refractivity contribution in [3.63, 3.8) is 0 Å². The highest BCUT2D eigenvalue weighted by molar-refractivity contribution is 6.12. The smallest absolute Gasteiger partial charge is 0.160 e. The first-order valence-corrected chi connectivity index (χ1v) is 20.6. The van der Waals surface area contributed by atoms with Crippen LogP contribution in [0.1, 0.15) is 42.7 Å². The Labute approximate surface area is 343 Å². The van der Waals surface area contributed by atoms with E-state index >= 15 is 0 Å². The monoisotopic (exact) mass is 756 g/mol. The lowest BCUT2D eigenvalue weighted by Gasteiger charge is -2.22. The van der Waals surface area contributed by atoms with Crippen molar-refractivity contribution in [2.24, 2.45) is 0 Å². The van der Waals surface area contributed by atoms with Crippen LogP contribution in [0, 0.1) is 0 Å². The van der Waals surface area contributed by atoms with Gasteiger partial charge in [0.1, 0.15) is 0 Å². The molecule has 3 aromatic heterocycles. The lowest BCUT2D eigenvalue weighted by atomic mass is 9.82. The SMILES string of the molecule is CC1(C)c2cc3c(cc2-c2cc4c5ccccc5n(-c5cccc(-c6nc(-c7ccccc7)cc(-c7ccccc7)n6)c5)c4cc21)c1c(n3-c2ccccc2)CCC=C1. The van der Waals surface area contributed by atoms with Crippen molar-refractivity contribution in [2.45, 2.75) is 32.1 Å².